The Balaban J connectivity index is 0.000000197. The Bertz CT molecular complexity index is 6180. The maximum atomic E-state index is 8.29. The summed E-state index contributed by atoms with van der Waals surface area (Å²) in [5.74, 6) is 0. The SMILES string of the molecule is C.CC(C)(C)c1ccc(N(c2ccc(C(C)(C)C)cc2)c2cc(C(c3ccccc3)(c3ccccc3)c3ccccc3)cc(N(c3ccc(C(C)(C)C)cc3)c3ccc(C(C)(C)C)cc3)c2Cl)cc1.CC(C)(C)c1ccc(N2c3ccc(C(C)(C)C)cc3B3c4cc(C(C)(C)C)ccc4N(c4ccc(C(C)(C)C)cc4)c4cc(C(c5ccccc5)(c5ccccc5)c5ccccc5)cc2c43)cc1. The first-order valence-electron chi connectivity index (χ1n) is 48.9. The lowest BCUT2D eigenvalue weighted by Gasteiger charge is -2.46. The number of hydrogen-bond donors (Lipinski definition) is 0. The normalized spacial score (nSPS) is 13.0. The Hall–Kier alpha value is -12.9. The molecule has 18 rings (SSSR count). The Morgan fingerprint density at radius 1 is 0.197 bits per heavy atom. The lowest BCUT2D eigenvalue weighted by molar-refractivity contribution is 0.590. The van der Waals surface area contributed by atoms with Crippen molar-refractivity contribution in [1.82, 2.24) is 0 Å². The molecule has 0 atom stereocenters. The molecule has 16 aromatic rings. The zero-order chi connectivity index (χ0) is 96.6. The van der Waals surface area contributed by atoms with Crippen molar-refractivity contribution in [3.8, 4) is 0 Å². The molecular weight excluding hydrogens is 1680 g/mol. The van der Waals surface area contributed by atoms with Crippen LogP contribution >= 0.6 is 11.6 Å². The first kappa shape index (κ1) is 97.2. The Morgan fingerprint density at radius 2 is 0.394 bits per heavy atom. The number of anilines is 12. The molecule has 137 heavy (non-hydrogen) atoms. The zero-order valence-corrected chi connectivity index (χ0v) is 85.5. The van der Waals surface area contributed by atoms with Gasteiger partial charge in [-0.15, -0.1) is 0 Å². The maximum absolute atomic E-state index is 8.29. The molecule has 694 valence electrons. The molecule has 0 unspecified atom stereocenters. The van der Waals surface area contributed by atoms with Gasteiger partial charge in [-0.25, -0.2) is 0 Å². The number of benzene rings is 16. The van der Waals surface area contributed by atoms with Gasteiger partial charge in [0.25, 0.3) is 6.71 Å². The van der Waals surface area contributed by atoms with Gasteiger partial charge in [0, 0.05) is 56.9 Å². The molecule has 2 heterocycles. The van der Waals surface area contributed by atoms with Crippen molar-refractivity contribution < 1.29 is 0 Å². The lowest BCUT2D eigenvalue weighted by atomic mass is 9.33. The smallest absolute Gasteiger partial charge is 0.252 e. The fraction of sp³-hybridized carbons (Fsp3) is 0.267. The average molecular weight is 1820 g/mol. The highest BCUT2D eigenvalue weighted by Crippen LogP contribution is 2.57. The summed E-state index contributed by atoms with van der Waals surface area (Å²) in [6, 6.07) is 146. The van der Waals surface area contributed by atoms with E-state index in [0.717, 1.165) is 67.8 Å². The minimum atomic E-state index is -0.770. The van der Waals surface area contributed by atoms with Crippen molar-refractivity contribution >= 4 is 103 Å². The van der Waals surface area contributed by atoms with Gasteiger partial charge in [0.05, 0.1) is 27.2 Å². The predicted octanol–water partition coefficient (Wildman–Crippen LogP) is 34.8. The Labute approximate surface area is 826 Å². The number of nitrogens with zero attached hydrogens (tertiary/aromatic N) is 4. The number of fused-ring (bicyclic) bond motifs is 4. The van der Waals surface area contributed by atoms with Crippen molar-refractivity contribution in [2.45, 2.75) is 228 Å². The molecule has 4 nitrogen and oxygen atoms in total. The molecule has 2 aliphatic rings. The number of halogens is 1. The molecule has 16 aromatic carbocycles. The van der Waals surface area contributed by atoms with Crippen LogP contribution in [-0.4, -0.2) is 6.71 Å². The topological polar surface area (TPSA) is 13.0 Å². The van der Waals surface area contributed by atoms with Crippen LogP contribution in [0.3, 0.4) is 0 Å². The molecule has 2 aliphatic heterocycles. The van der Waals surface area contributed by atoms with E-state index in [0.29, 0.717) is 5.02 Å². The predicted molar refractivity (Wildman–Crippen MR) is 594 cm³/mol. The average Bonchev–Trinajstić information content (AvgIpc) is 0.684. The van der Waals surface area contributed by atoms with Crippen molar-refractivity contribution in [3.63, 3.8) is 0 Å². The van der Waals surface area contributed by atoms with E-state index in [4.69, 9.17) is 11.6 Å². The third-order valence-electron chi connectivity index (χ3n) is 28.4. The van der Waals surface area contributed by atoms with Crippen LogP contribution in [0.1, 0.15) is 263 Å². The highest BCUT2D eigenvalue weighted by molar-refractivity contribution is 7.00. The second-order valence-corrected chi connectivity index (χ2v) is 46.4. The molecule has 0 saturated carbocycles. The standard InChI is InChI=1S/C65H67BN2.C65H69ClN2.CH4/c1-61(2,3)44-28-34-52(35-29-44)67-56-38-32-49(63(7,8)9)40-54(56)66-55-41-50(64(10,11)12)33-39-57(55)68(53-36-30-45(31-37-53)62(4,5)6)59-43-51(42-58(67)60(59)66)65(46-22-16-13-17-23-46,47-24-18-14-19-25-47)48-26-20-15-21-27-48;1-61(2,3)46-28-36-54(37-29-46)67(55-38-30-47(31-39-55)62(4,5)6)58-44-53(65(50-22-16-13-17-23-50,51-24-18-14-19-25-51)52-26-20-15-21-27-52)45-59(60(58)66)68(56-40-32-48(33-41-56)63(7,8)9)57-42-34-49(35-43-57)64(10,11)12;/h13-43H,1-12H3;13-45H,1-12H3;1H4. The summed E-state index contributed by atoms with van der Waals surface area (Å²) in [4.78, 5) is 9.92. The number of rotatable bonds is 16. The van der Waals surface area contributed by atoms with Gasteiger partial charge in [0.2, 0.25) is 0 Å². The Kier molecular flexibility index (Phi) is 26.4. The summed E-state index contributed by atoms with van der Waals surface area (Å²) in [5.41, 5.74) is 35.2. The van der Waals surface area contributed by atoms with E-state index in [2.05, 4.69) is 574 Å². The lowest BCUT2D eigenvalue weighted by Crippen LogP contribution is -2.62. The first-order chi connectivity index (χ1) is 64.4. The highest BCUT2D eigenvalue weighted by Gasteiger charge is 2.49. The molecule has 0 amide bonds. The van der Waals surface area contributed by atoms with Crippen LogP contribution in [0.4, 0.5) is 68.2 Å². The third-order valence-corrected chi connectivity index (χ3v) is 28.8. The van der Waals surface area contributed by atoms with Crippen LogP contribution < -0.4 is 36.0 Å². The second-order valence-electron chi connectivity index (χ2n) is 46.1. The van der Waals surface area contributed by atoms with E-state index >= 15 is 0 Å². The van der Waals surface area contributed by atoms with E-state index in [1.807, 2.05) is 0 Å². The molecule has 0 aromatic heterocycles. The summed E-state index contributed by atoms with van der Waals surface area (Å²) in [7, 11) is 0. The molecule has 0 saturated heterocycles. The fourth-order valence-electron chi connectivity index (χ4n) is 20.5. The number of hydrogen-bond acceptors (Lipinski definition) is 4. The van der Waals surface area contributed by atoms with Crippen molar-refractivity contribution in [2.75, 3.05) is 19.6 Å². The van der Waals surface area contributed by atoms with Gasteiger partial charge >= 0.3 is 0 Å². The Morgan fingerprint density at radius 3 is 0.606 bits per heavy atom. The maximum Gasteiger partial charge on any atom is 0.252 e. The molecule has 0 spiro atoms. The summed E-state index contributed by atoms with van der Waals surface area (Å²) < 4.78 is 0. The quantitative estimate of drug-likeness (QED) is 0.0706. The highest BCUT2D eigenvalue weighted by atomic mass is 35.5. The van der Waals surface area contributed by atoms with E-state index in [1.54, 1.807) is 0 Å². The summed E-state index contributed by atoms with van der Waals surface area (Å²) >= 11 is 8.29. The van der Waals surface area contributed by atoms with Crippen LogP contribution in [0.25, 0.3) is 0 Å². The van der Waals surface area contributed by atoms with Gasteiger partial charge < -0.3 is 19.6 Å². The molecule has 0 bridgehead atoms. The summed E-state index contributed by atoms with van der Waals surface area (Å²) in [6.07, 6.45) is 0. The second kappa shape index (κ2) is 37.2. The van der Waals surface area contributed by atoms with Gasteiger partial charge in [-0.3, -0.25) is 0 Å². The van der Waals surface area contributed by atoms with Gasteiger partial charge in [0.15, 0.2) is 0 Å². The van der Waals surface area contributed by atoms with E-state index in [1.165, 1.54) is 106 Å². The van der Waals surface area contributed by atoms with E-state index in [-0.39, 0.29) is 57.5 Å². The zero-order valence-electron chi connectivity index (χ0n) is 84.7. The van der Waals surface area contributed by atoms with Crippen LogP contribution in [0.2, 0.25) is 5.02 Å². The molecule has 6 heteroatoms. The van der Waals surface area contributed by atoms with Crippen LogP contribution in [0, 0.1) is 0 Å². The molecular formula is C131H140BClN4. The minimum absolute atomic E-state index is 0. The third kappa shape index (κ3) is 18.9. The first-order valence-corrected chi connectivity index (χ1v) is 49.3. The molecule has 0 radical (unpaired) electrons. The minimum Gasteiger partial charge on any atom is -0.311 e. The van der Waals surface area contributed by atoms with Crippen molar-refractivity contribution in [3.05, 3.63) is 482 Å². The van der Waals surface area contributed by atoms with Gasteiger partial charge in [0.1, 0.15) is 0 Å². The van der Waals surface area contributed by atoms with Gasteiger partial charge in [-0.1, -0.05) is 464 Å². The van der Waals surface area contributed by atoms with Crippen LogP contribution in [-0.2, 0) is 54.1 Å². The summed E-state index contributed by atoms with van der Waals surface area (Å²) in [6.45, 7) is 55.1. The van der Waals surface area contributed by atoms with Crippen LogP contribution in [0.5, 0.6) is 0 Å². The molecule has 0 aliphatic carbocycles. The molecule has 0 N–H and O–H groups in total. The van der Waals surface area contributed by atoms with E-state index in [9.17, 15) is 0 Å². The fourth-order valence-corrected chi connectivity index (χ4v) is 20.8. The monoisotopic (exact) mass is 1820 g/mol. The van der Waals surface area contributed by atoms with E-state index < -0.39 is 10.8 Å². The largest absolute Gasteiger partial charge is 0.311 e. The van der Waals surface area contributed by atoms with Crippen LogP contribution in [0.15, 0.2) is 388 Å². The van der Waals surface area contributed by atoms with Gasteiger partial charge in [-0.2, -0.15) is 0 Å². The van der Waals surface area contributed by atoms with Crippen molar-refractivity contribution in [1.29, 1.82) is 0 Å². The van der Waals surface area contributed by atoms with Gasteiger partial charge in [-0.05, 0) is 258 Å². The molecule has 0 fully saturated rings. The summed E-state index contributed by atoms with van der Waals surface area (Å²) in [5, 5.41) is 0.636. The van der Waals surface area contributed by atoms with Crippen molar-refractivity contribution in [2.24, 2.45) is 0 Å².